The van der Waals surface area contributed by atoms with Gasteiger partial charge < -0.3 is 21.2 Å². The van der Waals surface area contributed by atoms with Crippen LogP contribution < -0.4 is 5.73 Å². The normalized spacial score (nSPS) is 17.6. The van der Waals surface area contributed by atoms with E-state index in [2.05, 4.69) is 18.7 Å². The zero-order chi connectivity index (χ0) is 13.8. The Morgan fingerprint density at radius 3 is 2.45 bits per heavy atom. The lowest BCUT2D eigenvalue weighted by Gasteiger charge is -2.35. The lowest BCUT2D eigenvalue weighted by Crippen LogP contribution is -2.40. The number of benzene rings is 1. The number of aromatic hydroxyl groups is 1. The minimum Gasteiger partial charge on any atom is -0.506 e. The second-order valence-corrected chi connectivity index (χ2v) is 5.61. The summed E-state index contributed by atoms with van der Waals surface area (Å²) in [5.74, 6) is 0.233. The number of nitrogens with zero attached hydrogens (tertiary/aromatic N) is 1. The van der Waals surface area contributed by atoms with Crippen LogP contribution in [0, 0.1) is 0 Å². The number of anilines is 1. The Morgan fingerprint density at radius 1 is 1.20 bits per heavy atom. The topological polar surface area (TPSA) is 81.0 Å². The number of nitrogen functional groups attached to an aromatic ring is 1. The number of phenolic OH excluding ortho intramolecular Hbond substituents is 1. The maximum absolute atomic E-state index is 9.68. The predicted molar refractivity (Wildman–Crippen MR) is 84.1 cm³/mol. The van der Waals surface area contributed by atoms with Crippen LogP contribution in [0.1, 0.15) is 44.2 Å². The van der Waals surface area contributed by atoms with Crippen molar-refractivity contribution < 1.29 is 10.6 Å². The number of rotatable bonds is 5. The summed E-state index contributed by atoms with van der Waals surface area (Å²) in [6.45, 7) is 6.85. The Labute approximate surface area is 121 Å². The number of hydrogen-bond acceptors (Lipinski definition) is 3. The summed E-state index contributed by atoms with van der Waals surface area (Å²) >= 11 is 0. The number of fused-ring (bicyclic) bond motifs is 1. The monoisotopic (exact) mass is 280 g/mol. The van der Waals surface area contributed by atoms with Crippen molar-refractivity contribution >= 4 is 5.69 Å². The molecule has 0 aromatic heterocycles. The molecule has 1 aliphatic carbocycles. The zero-order valence-electron chi connectivity index (χ0n) is 12.7. The fraction of sp³-hybridized carbons (Fsp3) is 0.625. The molecule has 2 rings (SSSR count). The van der Waals surface area contributed by atoms with Gasteiger partial charge in [0.05, 0.1) is 5.69 Å². The van der Waals surface area contributed by atoms with Crippen molar-refractivity contribution in [2.24, 2.45) is 0 Å². The summed E-state index contributed by atoms with van der Waals surface area (Å²) in [5, 5.41) is 9.68. The molecule has 0 fully saturated rings. The fourth-order valence-electron chi connectivity index (χ4n) is 3.16. The Bertz CT molecular complexity index is 429. The molecule has 1 unspecified atom stereocenters. The number of phenols is 1. The molecule has 5 N–H and O–H groups in total. The van der Waals surface area contributed by atoms with Crippen LogP contribution in [-0.2, 0) is 12.8 Å². The van der Waals surface area contributed by atoms with E-state index >= 15 is 0 Å². The van der Waals surface area contributed by atoms with Gasteiger partial charge in [-0.25, -0.2) is 0 Å². The van der Waals surface area contributed by atoms with Crippen molar-refractivity contribution in [2.75, 3.05) is 18.8 Å². The van der Waals surface area contributed by atoms with Gasteiger partial charge in [-0.1, -0.05) is 13.8 Å². The second-order valence-electron chi connectivity index (χ2n) is 5.61. The van der Waals surface area contributed by atoms with E-state index in [0.29, 0.717) is 11.7 Å². The van der Waals surface area contributed by atoms with E-state index in [-0.39, 0.29) is 11.2 Å². The molecule has 0 bridgehead atoms. The van der Waals surface area contributed by atoms with Gasteiger partial charge in [0.25, 0.3) is 0 Å². The molecule has 0 spiro atoms. The predicted octanol–water partition coefficient (Wildman–Crippen LogP) is 2.13. The molecule has 1 aromatic carbocycles. The molecule has 0 amide bonds. The fourth-order valence-corrected chi connectivity index (χ4v) is 3.16. The SMILES string of the molecule is CCCN(CCC)C1CCc2cc(O)c(N)cc2C1.O. The van der Waals surface area contributed by atoms with Gasteiger partial charge in [0.1, 0.15) is 5.75 Å². The quantitative estimate of drug-likeness (QED) is 0.640. The third-order valence-corrected chi connectivity index (χ3v) is 4.09. The minimum atomic E-state index is 0. The summed E-state index contributed by atoms with van der Waals surface area (Å²) in [4.78, 5) is 2.62. The average molecular weight is 280 g/mol. The molecule has 114 valence electrons. The average Bonchev–Trinajstić information content (AvgIpc) is 2.39. The van der Waals surface area contributed by atoms with Crippen molar-refractivity contribution in [2.45, 2.75) is 52.0 Å². The summed E-state index contributed by atoms with van der Waals surface area (Å²) in [6, 6.07) is 4.45. The molecule has 4 heteroatoms. The van der Waals surface area contributed by atoms with Crippen LogP contribution in [0.25, 0.3) is 0 Å². The van der Waals surface area contributed by atoms with Crippen LogP contribution in [0.15, 0.2) is 12.1 Å². The lowest BCUT2D eigenvalue weighted by atomic mass is 9.86. The number of hydrogen-bond donors (Lipinski definition) is 2. The molecule has 0 saturated heterocycles. The maximum atomic E-state index is 9.68. The first kappa shape index (κ1) is 16.8. The van der Waals surface area contributed by atoms with Crippen molar-refractivity contribution in [1.82, 2.24) is 4.90 Å². The van der Waals surface area contributed by atoms with E-state index in [4.69, 9.17) is 5.73 Å². The van der Waals surface area contributed by atoms with Crippen LogP contribution in [-0.4, -0.2) is 34.6 Å². The first-order valence-corrected chi connectivity index (χ1v) is 7.50. The van der Waals surface area contributed by atoms with Crippen LogP contribution in [0.3, 0.4) is 0 Å². The third kappa shape index (κ3) is 3.64. The molecule has 4 nitrogen and oxygen atoms in total. The van der Waals surface area contributed by atoms with Crippen molar-refractivity contribution in [3.8, 4) is 5.75 Å². The minimum absolute atomic E-state index is 0. The van der Waals surface area contributed by atoms with Crippen molar-refractivity contribution in [3.63, 3.8) is 0 Å². The van der Waals surface area contributed by atoms with E-state index < -0.39 is 0 Å². The highest BCUT2D eigenvalue weighted by Gasteiger charge is 2.24. The maximum Gasteiger partial charge on any atom is 0.138 e. The Kier molecular flexibility index (Phi) is 6.30. The van der Waals surface area contributed by atoms with E-state index in [1.54, 1.807) is 0 Å². The summed E-state index contributed by atoms with van der Waals surface area (Å²) < 4.78 is 0. The first-order chi connectivity index (χ1) is 9.15. The van der Waals surface area contributed by atoms with Gasteiger partial charge in [-0.3, -0.25) is 0 Å². The van der Waals surface area contributed by atoms with Crippen LogP contribution >= 0.6 is 0 Å². The largest absolute Gasteiger partial charge is 0.506 e. The molecule has 1 aliphatic rings. The third-order valence-electron chi connectivity index (χ3n) is 4.09. The van der Waals surface area contributed by atoms with Gasteiger partial charge in [-0.15, -0.1) is 0 Å². The molecule has 1 aromatic rings. The highest BCUT2D eigenvalue weighted by Crippen LogP contribution is 2.31. The van der Waals surface area contributed by atoms with Gasteiger partial charge >= 0.3 is 0 Å². The van der Waals surface area contributed by atoms with Gasteiger partial charge in [-0.2, -0.15) is 0 Å². The molecule has 20 heavy (non-hydrogen) atoms. The van der Waals surface area contributed by atoms with Gasteiger partial charge in [-0.05, 0) is 68.5 Å². The van der Waals surface area contributed by atoms with Gasteiger partial charge in [0, 0.05) is 6.04 Å². The summed E-state index contributed by atoms with van der Waals surface area (Å²) in [5.41, 5.74) is 8.93. The van der Waals surface area contributed by atoms with E-state index in [1.807, 2.05) is 12.1 Å². The standard InChI is InChI=1S/C16H26N2O.H2O/c1-3-7-18(8-4-2)14-6-5-12-11-16(19)15(17)10-13(12)9-14;/h10-11,14,19H,3-9,17H2,1-2H3;1H2. The van der Waals surface area contributed by atoms with Crippen LogP contribution in [0.2, 0.25) is 0 Å². The Balaban J connectivity index is 0.00000200. The van der Waals surface area contributed by atoms with Crippen molar-refractivity contribution in [3.05, 3.63) is 23.3 Å². The molecular formula is C16H28N2O2. The Morgan fingerprint density at radius 2 is 1.85 bits per heavy atom. The summed E-state index contributed by atoms with van der Waals surface area (Å²) in [7, 11) is 0. The van der Waals surface area contributed by atoms with Crippen molar-refractivity contribution in [1.29, 1.82) is 0 Å². The molecule has 0 aliphatic heterocycles. The lowest BCUT2D eigenvalue weighted by molar-refractivity contribution is 0.180. The molecule has 1 atom stereocenters. The molecular weight excluding hydrogens is 252 g/mol. The highest BCUT2D eigenvalue weighted by molar-refractivity contribution is 5.56. The van der Waals surface area contributed by atoms with Gasteiger partial charge in [0.15, 0.2) is 0 Å². The molecule has 0 heterocycles. The van der Waals surface area contributed by atoms with E-state index in [9.17, 15) is 5.11 Å². The van der Waals surface area contributed by atoms with E-state index in [0.717, 1.165) is 12.8 Å². The zero-order valence-corrected chi connectivity index (χ0v) is 12.7. The van der Waals surface area contributed by atoms with E-state index in [1.165, 1.54) is 43.5 Å². The van der Waals surface area contributed by atoms with Crippen LogP contribution in [0.4, 0.5) is 5.69 Å². The molecule has 0 saturated carbocycles. The summed E-state index contributed by atoms with van der Waals surface area (Å²) in [6.07, 6.45) is 5.73. The number of aryl methyl sites for hydroxylation is 1. The van der Waals surface area contributed by atoms with Gasteiger partial charge in [0.2, 0.25) is 0 Å². The molecule has 0 radical (unpaired) electrons. The second kappa shape index (κ2) is 7.50. The Hall–Kier alpha value is -1.26. The smallest absolute Gasteiger partial charge is 0.138 e. The first-order valence-electron chi connectivity index (χ1n) is 7.50. The van der Waals surface area contributed by atoms with Crippen LogP contribution in [0.5, 0.6) is 5.75 Å². The number of nitrogens with two attached hydrogens (primary N) is 1. The highest BCUT2D eigenvalue weighted by atomic mass is 16.3.